The van der Waals surface area contributed by atoms with Gasteiger partial charge in [0.2, 0.25) is 0 Å². The Hall–Kier alpha value is -2.29. The van der Waals surface area contributed by atoms with E-state index in [1.54, 1.807) is 30.5 Å². The van der Waals surface area contributed by atoms with Crippen molar-refractivity contribution in [3.05, 3.63) is 66.0 Å². The molecule has 3 nitrogen and oxygen atoms in total. The van der Waals surface area contributed by atoms with E-state index in [0.717, 1.165) is 0 Å². The van der Waals surface area contributed by atoms with Gasteiger partial charge in [-0.1, -0.05) is 36.4 Å². The van der Waals surface area contributed by atoms with Crippen LogP contribution in [0.3, 0.4) is 0 Å². The van der Waals surface area contributed by atoms with E-state index in [-0.39, 0.29) is 18.0 Å². The smallest absolute Gasteiger partial charge is 0.163 e. The topological polar surface area (TPSA) is 47.0 Å². The second-order valence-corrected chi connectivity index (χ2v) is 4.41. The predicted octanol–water partition coefficient (Wildman–Crippen LogP) is 3.03. The van der Waals surface area contributed by atoms with E-state index in [4.69, 9.17) is 0 Å². The standard InChI is InChI=1S/C16H15NO2/c1-12(18)14(15-9-5-6-10-17-15)11-16(19)13-7-3-2-4-8-13/h2-10,14H,11H2,1H3. The molecular weight excluding hydrogens is 238 g/mol. The average molecular weight is 253 g/mol. The normalized spacial score (nSPS) is 11.8. The molecule has 0 amide bonds. The number of carbonyl (C=O) groups excluding carboxylic acids is 2. The Kier molecular flexibility index (Phi) is 4.18. The van der Waals surface area contributed by atoms with Gasteiger partial charge in [0.15, 0.2) is 5.78 Å². The molecule has 1 heterocycles. The van der Waals surface area contributed by atoms with Gasteiger partial charge in [-0.05, 0) is 19.1 Å². The quantitative estimate of drug-likeness (QED) is 0.769. The van der Waals surface area contributed by atoms with Crippen LogP contribution in [0.25, 0.3) is 0 Å². The maximum Gasteiger partial charge on any atom is 0.163 e. The minimum absolute atomic E-state index is 0.0357. The van der Waals surface area contributed by atoms with E-state index >= 15 is 0 Å². The monoisotopic (exact) mass is 253 g/mol. The third-order valence-corrected chi connectivity index (χ3v) is 3.02. The van der Waals surface area contributed by atoms with Crippen LogP contribution in [0, 0.1) is 0 Å². The summed E-state index contributed by atoms with van der Waals surface area (Å²) in [7, 11) is 0. The lowest BCUT2D eigenvalue weighted by Crippen LogP contribution is -2.15. The van der Waals surface area contributed by atoms with Crippen molar-refractivity contribution in [2.24, 2.45) is 0 Å². The molecule has 2 rings (SSSR count). The lowest BCUT2D eigenvalue weighted by atomic mass is 9.92. The van der Waals surface area contributed by atoms with Gasteiger partial charge in [0, 0.05) is 18.2 Å². The maximum absolute atomic E-state index is 12.2. The fraction of sp³-hybridized carbons (Fsp3) is 0.188. The number of hydrogen-bond donors (Lipinski definition) is 0. The van der Waals surface area contributed by atoms with Crippen molar-refractivity contribution in [3.63, 3.8) is 0 Å². The van der Waals surface area contributed by atoms with E-state index in [1.165, 1.54) is 6.92 Å². The van der Waals surface area contributed by atoms with Crippen LogP contribution >= 0.6 is 0 Å². The number of rotatable bonds is 5. The lowest BCUT2D eigenvalue weighted by molar-refractivity contribution is -0.118. The predicted molar refractivity (Wildman–Crippen MR) is 73.0 cm³/mol. The summed E-state index contributed by atoms with van der Waals surface area (Å²) in [5, 5.41) is 0. The van der Waals surface area contributed by atoms with Crippen molar-refractivity contribution in [3.8, 4) is 0 Å². The molecule has 19 heavy (non-hydrogen) atoms. The summed E-state index contributed by atoms with van der Waals surface area (Å²) in [5.74, 6) is -0.539. The number of ketones is 2. The first kappa shape index (κ1) is 13.1. The van der Waals surface area contributed by atoms with Gasteiger partial charge >= 0.3 is 0 Å². The number of pyridine rings is 1. The van der Waals surface area contributed by atoms with Crippen LogP contribution in [0.2, 0.25) is 0 Å². The SMILES string of the molecule is CC(=O)C(CC(=O)c1ccccc1)c1ccccn1. The van der Waals surface area contributed by atoms with Gasteiger partial charge in [-0.2, -0.15) is 0 Å². The molecule has 3 heteroatoms. The number of hydrogen-bond acceptors (Lipinski definition) is 3. The second kappa shape index (κ2) is 6.05. The highest BCUT2D eigenvalue weighted by Crippen LogP contribution is 2.21. The Labute approximate surface area is 112 Å². The van der Waals surface area contributed by atoms with Gasteiger partial charge in [-0.25, -0.2) is 0 Å². The highest BCUT2D eigenvalue weighted by atomic mass is 16.1. The zero-order valence-corrected chi connectivity index (χ0v) is 10.7. The van der Waals surface area contributed by atoms with Crippen LogP contribution in [-0.4, -0.2) is 16.6 Å². The first-order chi connectivity index (χ1) is 9.18. The van der Waals surface area contributed by atoms with Crippen LogP contribution in [-0.2, 0) is 4.79 Å². The van der Waals surface area contributed by atoms with Crippen LogP contribution in [0.4, 0.5) is 0 Å². The second-order valence-electron chi connectivity index (χ2n) is 4.41. The van der Waals surface area contributed by atoms with Gasteiger partial charge < -0.3 is 0 Å². The first-order valence-corrected chi connectivity index (χ1v) is 6.18. The highest BCUT2D eigenvalue weighted by molar-refractivity contribution is 5.99. The Morgan fingerprint density at radius 1 is 1.05 bits per heavy atom. The zero-order chi connectivity index (χ0) is 13.7. The largest absolute Gasteiger partial charge is 0.299 e. The molecule has 0 aliphatic heterocycles. The fourth-order valence-electron chi connectivity index (χ4n) is 1.97. The van der Waals surface area contributed by atoms with Gasteiger partial charge in [-0.3, -0.25) is 14.6 Å². The van der Waals surface area contributed by atoms with Crippen LogP contribution < -0.4 is 0 Å². The fourth-order valence-corrected chi connectivity index (χ4v) is 1.97. The van der Waals surface area contributed by atoms with Gasteiger partial charge in [0.1, 0.15) is 5.78 Å². The number of aromatic nitrogens is 1. The van der Waals surface area contributed by atoms with Crippen molar-refractivity contribution < 1.29 is 9.59 Å². The Balaban J connectivity index is 2.19. The molecule has 1 aromatic carbocycles. The third kappa shape index (κ3) is 3.35. The van der Waals surface area contributed by atoms with Gasteiger partial charge in [-0.15, -0.1) is 0 Å². The minimum Gasteiger partial charge on any atom is -0.299 e. The molecule has 2 aromatic rings. The van der Waals surface area contributed by atoms with Crippen LogP contribution in [0.15, 0.2) is 54.7 Å². The summed E-state index contributed by atoms with van der Waals surface area (Å²) < 4.78 is 0. The molecule has 0 bridgehead atoms. The van der Waals surface area contributed by atoms with Crippen molar-refractivity contribution in [2.45, 2.75) is 19.3 Å². The number of nitrogens with zero attached hydrogens (tertiary/aromatic N) is 1. The van der Waals surface area contributed by atoms with E-state index < -0.39 is 5.92 Å². The lowest BCUT2D eigenvalue weighted by Gasteiger charge is -2.12. The Bertz CT molecular complexity index is 564. The molecule has 0 spiro atoms. The molecule has 0 aliphatic rings. The van der Waals surface area contributed by atoms with Crippen molar-refractivity contribution in [2.75, 3.05) is 0 Å². The van der Waals surface area contributed by atoms with Crippen LogP contribution in [0.5, 0.6) is 0 Å². The first-order valence-electron chi connectivity index (χ1n) is 6.18. The van der Waals surface area contributed by atoms with E-state index in [1.807, 2.05) is 24.3 Å². The minimum atomic E-state index is -0.464. The number of Topliss-reactive ketones (excluding diaryl/α,β-unsaturated/α-hetero) is 2. The van der Waals surface area contributed by atoms with Crippen molar-refractivity contribution >= 4 is 11.6 Å². The number of benzene rings is 1. The summed E-state index contributed by atoms with van der Waals surface area (Å²) >= 11 is 0. The molecule has 1 unspecified atom stereocenters. The third-order valence-electron chi connectivity index (χ3n) is 3.02. The van der Waals surface area contributed by atoms with E-state index in [2.05, 4.69) is 4.98 Å². The van der Waals surface area contributed by atoms with Crippen molar-refractivity contribution in [1.29, 1.82) is 0 Å². The summed E-state index contributed by atoms with van der Waals surface area (Å²) in [5.41, 5.74) is 1.28. The molecule has 0 N–H and O–H groups in total. The average Bonchev–Trinajstić information content (AvgIpc) is 2.46. The summed E-state index contributed by atoms with van der Waals surface area (Å²) in [4.78, 5) is 28.0. The molecule has 0 aliphatic carbocycles. The zero-order valence-electron chi connectivity index (χ0n) is 10.7. The molecule has 1 aromatic heterocycles. The number of carbonyl (C=O) groups is 2. The highest BCUT2D eigenvalue weighted by Gasteiger charge is 2.22. The summed E-state index contributed by atoms with van der Waals surface area (Å²) in [6.45, 7) is 1.50. The molecular formula is C16H15NO2. The maximum atomic E-state index is 12.2. The molecule has 0 fully saturated rings. The van der Waals surface area contributed by atoms with Gasteiger partial charge in [0.05, 0.1) is 11.6 Å². The Morgan fingerprint density at radius 2 is 1.74 bits per heavy atom. The van der Waals surface area contributed by atoms with E-state index in [0.29, 0.717) is 11.3 Å². The molecule has 1 atom stereocenters. The summed E-state index contributed by atoms with van der Waals surface area (Å²) in [6, 6.07) is 14.4. The Morgan fingerprint density at radius 3 is 2.32 bits per heavy atom. The van der Waals surface area contributed by atoms with Crippen LogP contribution in [0.1, 0.15) is 35.3 Å². The molecule has 0 saturated carbocycles. The molecule has 0 radical (unpaired) electrons. The molecule has 96 valence electrons. The van der Waals surface area contributed by atoms with E-state index in [9.17, 15) is 9.59 Å². The molecule has 0 saturated heterocycles. The van der Waals surface area contributed by atoms with Crippen molar-refractivity contribution in [1.82, 2.24) is 4.98 Å². The van der Waals surface area contributed by atoms with Gasteiger partial charge in [0.25, 0.3) is 0 Å². The summed E-state index contributed by atoms with van der Waals surface area (Å²) in [6.07, 6.45) is 1.80.